The van der Waals surface area contributed by atoms with E-state index in [1.165, 1.54) is 0 Å². The third-order valence-electron chi connectivity index (χ3n) is 4.79. The van der Waals surface area contributed by atoms with Crippen LogP contribution in [0.4, 0.5) is 5.69 Å². The molecule has 0 bridgehead atoms. The molecule has 1 heterocycles. The number of guanidine groups is 1. The molecule has 3 rings (SSSR count). The zero-order valence-electron chi connectivity index (χ0n) is 19.0. The van der Waals surface area contributed by atoms with Crippen LogP contribution < -0.4 is 34.3 Å². The predicted octanol–water partition coefficient (Wildman–Crippen LogP) is 4.11. The minimum absolute atomic E-state index is 0. The van der Waals surface area contributed by atoms with Gasteiger partial charge in [0.05, 0.1) is 34.5 Å². The Morgan fingerprint density at radius 1 is 0.969 bits per heavy atom. The van der Waals surface area contributed by atoms with E-state index in [1.807, 2.05) is 37.3 Å². The highest BCUT2D eigenvalue weighted by molar-refractivity contribution is 14.0. The normalized spacial score (nSPS) is 12.8. The van der Waals surface area contributed by atoms with Gasteiger partial charge in [-0.2, -0.15) is 0 Å². The van der Waals surface area contributed by atoms with Gasteiger partial charge in [-0.25, -0.2) is 0 Å². The molecule has 0 fully saturated rings. The molecule has 1 aliphatic heterocycles. The number of rotatable bonds is 8. The van der Waals surface area contributed by atoms with Crippen molar-refractivity contribution in [2.45, 2.75) is 19.8 Å². The molecule has 0 amide bonds. The summed E-state index contributed by atoms with van der Waals surface area (Å²) in [6.45, 7) is 4.66. The standard InChI is InChI=1S/C23H31N3O5.HI/c1-5-24-23(26-17-8-10-18-20(15-17)31-14-6-13-30-18)25-12-11-16-7-9-19(27-2)22(29-4)21(16)28-3;/h7-10,15H,5-6,11-14H2,1-4H3,(H2,24,25,26);1H. The molecule has 9 heteroatoms. The Kier molecular flexibility index (Phi) is 10.5. The van der Waals surface area contributed by atoms with E-state index in [0.717, 1.165) is 35.7 Å². The zero-order chi connectivity index (χ0) is 22.1. The molecule has 8 nitrogen and oxygen atoms in total. The number of fused-ring (bicyclic) bond motifs is 1. The summed E-state index contributed by atoms with van der Waals surface area (Å²) in [6.07, 6.45) is 1.56. The molecule has 0 spiro atoms. The highest BCUT2D eigenvalue weighted by Gasteiger charge is 2.15. The predicted molar refractivity (Wildman–Crippen MR) is 137 cm³/mol. The van der Waals surface area contributed by atoms with Crippen molar-refractivity contribution in [3.63, 3.8) is 0 Å². The fourth-order valence-corrected chi connectivity index (χ4v) is 3.33. The molecule has 32 heavy (non-hydrogen) atoms. The molecule has 0 saturated heterocycles. The summed E-state index contributed by atoms with van der Waals surface area (Å²) >= 11 is 0. The van der Waals surface area contributed by atoms with E-state index in [2.05, 4.69) is 10.6 Å². The molecule has 0 saturated carbocycles. The number of halogens is 1. The number of hydrogen-bond acceptors (Lipinski definition) is 6. The summed E-state index contributed by atoms with van der Waals surface area (Å²) in [5.74, 6) is 4.09. The number of benzene rings is 2. The molecule has 2 aromatic rings. The SMILES string of the molecule is CCNC(=NCCc1ccc(OC)c(OC)c1OC)Nc1ccc2c(c1)OCCCO2.I. The van der Waals surface area contributed by atoms with E-state index < -0.39 is 0 Å². The van der Waals surface area contributed by atoms with Gasteiger partial charge in [0.2, 0.25) is 5.75 Å². The van der Waals surface area contributed by atoms with Gasteiger partial charge in [-0.15, -0.1) is 24.0 Å². The number of hydrogen-bond donors (Lipinski definition) is 2. The second-order valence-corrected chi connectivity index (χ2v) is 6.84. The average molecular weight is 557 g/mol. The van der Waals surface area contributed by atoms with Crippen LogP contribution in [0.15, 0.2) is 35.3 Å². The van der Waals surface area contributed by atoms with Gasteiger partial charge in [0.25, 0.3) is 0 Å². The van der Waals surface area contributed by atoms with Gasteiger partial charge < -0.3 is 34.3 Å². The smallest absolute Gasteiger partial charge is 0.203 e. The van der Waals surface area contributed by atoms with E-state index in [-0.39, 0.29) is 24.0 Å². The molecular formula is C23H32IN3O5. The van der Waals surface area contributed by atoms with Crippen molar-refractivity contribution in [3.05, 3.63) is 35.9 Å². The Balaban J connectivity index is 0.00000363. The Morgan fingerprint density at radius 2 is 1.72 bits per heavy atom. The van der Waals surface area contributed by atoms with E-state index in [0.29, 0.717) is 49.4 Å². The van der Waals surface area contributed by atoms with Crippen LogP contribution in [0.1, 0.15) is 18.9 Å². The lowest BCUT2D eigenvalue weighted by molar-refractivity contribution is 0.297. The van der Waals surface area contributed by atoms with Crippen LogP contribution in [0.2, 0.25) is 0 Å². The molecule has 0 radical (unpaired) electrons. The highest BCUT2D eigenvalue weighted by atomic mass is 127. The summed E-state index contributed by atoms with van der Waals surface area (Å²) in [6, 6.07) is 9.66. The summed E-state index contributed by atoms with van der Waals surface area (Å²) in [7, 11) is 4.83. The Morgan fingerprint density at radius 3 is 2.41 bits per heavy atom. The quantitative estimate of drug-likeness (QED) is 0.287. The zero-order valence-corrected chi connectivity index (χ0v) is 21.4. The van der Waals surface area contributed by atoms with Crippen molar-refractivity contribution in [2.75, 3.05) is 52.9 Å². The van der Waals surface area contributed by atoms with Gasteiger partial charge in [-0.3, -0.25) is 4.99 Å². The largest absolute Gasteiger partial charge is 0.493 e. The molecule has 1 aliphatic rings. The number of nitrogens with one attached hydrogen (secondary N) is 2. The number of methoxy groups -OCH3 is 3. The average Bonchev–Trinajstić information content (AvgIpc) is 3.03. The van der Waals surface area contributed by atoms with Gasteiger partial charge >= 0.3 is 0 Å². The van der Waals surface area contributed by atoms with Crippen molar-refractivity contribution in [1.82, 2.24) is 5.32 Å². The summed E-state index contributed by atoms with van der Waals surface area (Å²) in [5.41, 5.74) is 1.88. The minimum Gasteiger partial charge on any atom is -0.493 e. The van der Waals surface area contributed by atoms with Gasteiger partial charge in [-0.1, -0.05) is 6.07 Å². The van der Waals surface area contributed by atoms with E-state index in [9.17, 15) is 0 Å². The van der Waals surface area contributed by atoms with E-state index in [1.54, 1.807) is 21.3 Å². The summed E-state index contributed by atoms with van der Waals surface area (Å²) in [5, 5.41) is 6.60. The second-order valence-electron chi connectivity index (χ2n) is 6.84. The lowest BCUT2D eigenvalue weighted by atomic mass is 10.1. The molecule has 0 aliphatic carbocycles. The number of ether oxygens (including phenoxy) is 5. The van der Waals surface area contributed by atoms with Gasteiger partial charge in [0.15, 0.2) is 29.0 Å². The Labute approximate surface area is 206 Å². The molecular weight excluding hydrogens is 525 g/mol. The number of nitrogens with zero attached hydrogens (tertiary/aromatic N) is 1. The van der Waals surface area contributed by atoms with Crippen LogP contribution in [-0.4, -0.2) is 53.6 Å². The van der Waals surface area contributed by atoms with Crippen LogP contribution in [0.25, 0.3) is 0 Å². The van der Waals surface area contributed by atoms with E-state index in [4.69, 9.17) is 28.7 Å². The van der Waals surface area contributed by atoms with Gasteiger partial charge in [0, 0.05) is 36.8 Å². The Bertz CT molecular complexity index is 907. The van der Waals surface area contributed by atoms with Crippen molar-refractivity contribution < 1.29 is 23.7 Å². The first kappa shape index (κ1) is 25.7. The topological polar surface area (TPSA) is 82.6 Å². The summed E-state index contributed by atoms with van der Waals surface area (Å²) in [4.78, 5) is 4.70. The lowest BCUT2D eigenvalue weighted by Crippen LogP contribution is -2.30. The second kappa shape index (κ2) is 13.1. The van der Waals surface area contributed by atoms with Crippen molar-refractivity contribution in [2.24, 2.45) is 4.99 Å². The molecule has 2 N–H and O–H groups in total. The number of anilines is 1. The van der Waals surface area contributed by atoms with Crippen LogP contribution >= 0.6 is 24.0 Å². The van der Waals surface area contributed by atoms with Crippen LogP contribution in [0.3, 0.4) is 0 Å². The van der Waals surface area contributed by atoms with Crippen LogP contribution in [0, 0.1) is 0 Å². The monoisotopic (exact) mass is 557 g/mol. The molecule has 0 atom stereocenters. The Hall–Kier alpha value is -2.56. The van der Waals surface area contributed by atoms with Crippen LogP contribution in [-0.2, 0) is 6.42 Å². The third-order valence-corrected chi connectivity index (χ3v) is 4.79. The van der Waals surface area contributed by atoms with Gasteiger partial charge in [-0.05, 0) is 31.5 Å². The first-order chi connectivity index (χ1) is 15.2. The molecule has 176 valence electrons. The molecule has 0 aromatic heterocycles. The summed E-state index contributed by atoms with van der Waals surface area (Å²) < 4.78 is 27.9. The van der Waals surface area contributed by atoms with Crippen LogP contribution in [0.5, 0.6) is 28.7 Å². The van der Waals surface area contributed by atoms with Crippen molar-refractivity contribution in [3.8, 4) is 28.7 Å². The maximum Gasteiger partial charge on any atom is 0.203 e. The molecule has 2 aromatic carbocycles. The van der Waals surface area contributed by atoms with Crippen molar-refractivity contribution in [1.29, 1.82) is 0 Å². The minimum atomic E-state index is 0. The highest BCUT2D eigenvalue weighted by Crippen LogP contribution is 2.40. The van der Waals surface area contributed by atoms with Crippen molar-refractivity contribution >= 4 is 35.6 Å². The lowest BCUT2D eigenvalue weighted by Gasteiger charge is -2.16. The maximum atomic E-state index is 5.77. The maximum absolute atomic E-state index is 5.77. The third kappa shape index (κ3) is 6.47. The van der Waals surface area contributed by atoms with Gasteiger partial charge in [0.1, 0.15) is 0 Å². The molecule has 0 unspecified atom stereocenters. The fraction of sp³-hybridized carbons (Fsp3) is 0.435. The van der Waals surface area contributed by atoms with E-state index >= 15 is 0 Å². The first-order valence-electron chi connectivity index (χ1n) is 10.4. The fourth-order valence-electron chi connectivity index (χ4n) is 3.33. The first-order valence-corrected chi connectivity index (χ1v) is 10.4. The number of aliphatic imine (C=N–C) groups is 1.